The third-order valence-electron chi connectivity index (χ3n) is 4.15. The molecule has 0 bridgehead atoms. The van der Waals surface area contributed by atoms with E-state index in [0.717, 1.165) is 22.6 Å². The lowest BCUT2D eigenvalue weighted by molar-refractivity contribution is -0.120. The van der Waals surface area contributed by atoms with Gasteiger partial charge in [0.25, 0.3) is 0 Å². The molecule has 1 aromatic heterocycles. The van der Waals surface area contributed by atoms with E-state index in [0.29, 0.717) is 18.7 Å². The van der Waals surface area contributed by atoms with E-state index >= 15 is 0 Å². The number of aromatic nitrogens is 1. The lowest BCUT2D eigenvalue weighted by atomic mass is 10.0. The molecule has 0 saturated carbocycles. The van der Waals surface area contributed by atoms with E-state index in [1.165, 1.54) is 11.1 Å². The highest BCUT2D eigenvalue weighted by Gasteiger charge is 2.17. The van der Waals surface area contributed by atoms with Gasteiger partial charge in [-0.05, 0) is 13.8 Å². The summed E-state index contributed by atoms with van der Waals surface area (Å²) in [6.07, 6.45) is 0.835. The average Bonchev–Trinajstić information content (AvgIpc) is 3.05. The molecule has 128 valence electrons. The van der Waals surface area contributed by atoms with E-state index in [1.807, 2.05) is 24.3 Å². The predicted molar refractivity (Wildman–Crippen MR) is 99.2 cm³/mol. The summed E-state index contributed by atoms with van der Waals surface area (Å²) < 4.78 is 6.03. The lowest BCUT2D eigenvalue weighted by Crippen LogP contribution is -2.17. The van der Waals surface area contributed by atoms with Gasteiger partial charge in [0.2, 0.25) is 5.91 Å². The molecule has 1 N–H and O–H groups in total. The monoisotopic (exact) mass is 334 g/mol. The van der Waals surface area contributed by atoms with E-state index in [1.54, 1.807) is 7.05 Å². The molecule has 25 heavy (non-hydrogen) atoms. The number of hydrogen-bond donors (Lipinski definition) is 1. The second-order valence-electron chi connectivity index (χ2n) is 6.19. The summed E-state index contributed by atoms with van der Waals surface area (Å²) in [5.41, 5.74) is 5.20. The third kappa shape index (κ3) is 3.97. The Kier molecular flexibility index (Phi) is 4.98. The van der Waals surface area contributed by atoms with E-state index in [2.05, 4.69) is 48.4 Å². The number of oxazole rings is 1. The van der Waals surface area contributed by atoms with Gasteiger partial charge in [0.15, 0.2) is 11.7 Å². The first-order chi connectivity index (χ1) is 12.1. The Morgan fingerprint density at radius 2 is 1.52 bits per heavy atom. The first-order valence-electron chi connectivity index (χ1n) is 8.41. The Labute approximate surface area is 147 Å². The second kappa shape index (κ2) is 7.34. The molecule has 0 atom stereocenters. The molecule has 0 saturated heterocycles. The molecular formula is C21H22N2O2. The zero-order valence-electron chi connectivity index (χ0n) is 14.8. The van der Waals surface area contributed by atoms with Crippen LogP contribution in [0.2, 0.25) is 0 Å². The predicted octanol–water partition coefficient (Wildman–Crippen LogP) is 4.30. The number of benzene rings is 2. The highest BCUT2D eigenvalue weighted by atomic mass is 16.4. The van der Waals surface area contributed by atoms with Crippen LogP contribution in [0.5, 0.6) is 0 Å². The smallest absolute Gasteiger partial charge is 0.220 e. The first-order valence-corrected chi connectivity index (χ1v) is 8.41. The van der Waals surface area contributed by atoms with Crippen molar-refractivity contribution < 1.29 is 9.21 Å². The van der Waals surface area contributed by atoms with Crippen LogP contribution in [0.1, 0.15) is 23.4 Å². The fraction of sp³-hybridized carbons (Fsp3) is 0.238. The van der Waals surface area contributed by atoms with Gasteiger partial charge in [0, 0.05) is 31.0 Å². The van der Waals surface area contributed by atoms with Crippen molar-refractivity contribution in [2.45, 2.75) is 26.7 Å². The van der Waals surface area contributed by atoms with Crippen LogP contribution in [0.25, 0.3) is 22.6 Å². The van der Waals surface area contributed by atoms with Gasteiger partial charge in [-0.15, -0.1) is 0 Å². The Hall–Kier alpha value is -2.88. The van der Waals surface area contributed by atoms with E-state index in [4.69, 9.17) is 4.42 Å². The minimum atomic E-state index is -0.0213. The number of nitrogens with one attached hydrogen (secondary N) is 1. The maximum atomic E-state index is 11.5. The lowest BCUT2D eigenvalue weighted by Gasteiger charge is -2.03. The van der Waals surface area contributed by atoms with Gasteiger partial charge >= 0.3 is 0 Å². The number of aryl methyl sites for hydroxylation is 3. The van der Waals surface area contributed by atoms with Crippen molar-refractivity contribution in [3.63, 3.8) is 0 Å². The SMILES string of the molecule is CNC(=O)CCc1nc(-c2ccc(C)cc2)c(-c2ccc(C)cc2)o1. The summed E-state index contributed by atoms with van der Waals surface area (Å²) in [7, 11) is 1.63. The Morgan fingerprint density at radius 1 is 0.960 bits per heavy atom. The molecule has 0 fully saturated rings. The molecule has 4 nitrogen and oxygen atoms in total. The van der Waals surface area contributed by atoms with Gasteiger partial charge in [-0.25, -0.2) is 4.98 Å². The molecule has 1 heterocycles. The molecule has 0 aliphatic rings. The molecule has 4 heteroatoms. The van der Waals surface area contributed by atoms with Crippen LogP contribution in [-0.4, -0.2) is 17.9 Å². The van der Waals surface area contributed by atoms with Crippen LogP contribution < -0.4 is 5.32 Å². The molecule has 0 unspecified atom stereocenters. The molecule has 0 radical (unpaired) electrons. The molecule has 0 spiro atoms. The number of carbonyl (C=O) groups is 1. The van der Waals surface area contributed by atoms with Crippen LogP contribution in [-0.2, 0) is 11.2 Å². The largest absolute Gasteiger partial charge is 0.440 e. The quantitative estimate of drug-likeness (QED) is 0.756. The Balaban J connectivity index is 2.01. The highest BCUT2D eigenvalue weighted by molar-refractivity contribution is 5.78. The van der Waals surface area contributed by atoms with Crippen LogP contribution in [0.3, 0.4) is 0 Å². The molecular weight excluding hydrogens is 312 g/mol. The third-order valence-corrected chi connectivity index (χ3v) is 4.15. The number of amides is 1. The minimum Gasteiger partial charge on any atom is -0.440 e. The molecule has 1 amide bonds. The Morgan fingerprint density at radius 3 is 2.08 bits per heavy atom. The average molecular weight is 334 g/mol. The maximum Gasteiger partial charge on any atom is 0.220 e. The summed E-state index contributed by atoms with van der Waals surface area (Å²) in [6.45, 7) is 4.11. The summed E-state index contributed by atoms with van der Waals surface area (Å²) in [4.78, 5) is 16.2. The number of nitrogens with zero attached hydrogens (tertiary/aromatic N) is 1. The number of hydrogen-bond acceptors (Lipinski definition) is 3. The number of rotatable bonds is 5. The molecule has 0 aliphatic carbocycles. The zero-order chi connectivity index (χ0) is 17.8. The maximum absolute atomic E-state index is 11.5. The van der Waals surface area contributed by atoms with Crippen LogP contribution in [0, 0.1) is 13.8 Å². The van der Waals surface area contributed by atoms with Gasteiger partial charge in [0.1, 0.15) is 5.69 Å². The summed E-state index contributed by atoms with van der Waals surface area (Å²) in [5, 5.41) is 2.62. The molecule has 2 aromatic carbocycles. The fourth-order valence-electron chi connectivity index (χ4n) is 2.62. The Bertz CT molecular complexity index is 799. The van der Waals surface area contributed by atoms with E-state index in [9.17, 15) is 4.79 Å². The van der Waals surface area contributed by atoms with Crippen molar-refractivity contribution in [3.8, 4) is 22.6 Å². The molecule has 3 rings (SSSR count). The highest BCUT2D eigenvalue weighted by Crippen LogP contribution is 2.33. The second-order valence-corrected chi connectivity index (χ2v) is 6.19. The van der Waals surface area contributed by atoms with Gasteiger partial charge < -0.3 is 9.73 Å². The standard InChI is InChI=1S/C21H22N2O2/c1-14-4-8-16(9-5-14)20-21(17-10-6-15(2)7-11-17)25-19(23-20)13-12-18(24)22-3/h4-11H,12-13H2,1-3H3,(H,22,24). The van der Waals surface area contributed by atoms with Gasteiger partial charge in [-0.3, -0.25) is 4.79 Å². The topological polar surface area (TPSA) is 55.1 Å². The van der Waals surface area contributed by atoms with Crippen LogP contribution in [0.4, 0.5) is 0 Å². The normalized spacial score (nSPS) is 10.7. The van der Waals surface area contributed by atoms with Crippen molar-refractivity contribution in [2.24, 2.45) is 0 Å². The summed E-state index contributed by atoms with van der Waals surface area (Å²) >= 11 is 0. The number of carbonyl (C=O) groups excluding carboxylic acids is 1. The van der Waals surface area contributed by atoms with E-state index in [-0.39, 0.29) is 5.91 Å². The zero-order valence-corrected chi connectivity index (χ0v) is 14.8. The van der Waals surface area contributed by atoms with Crippen molar-refractivity contribution in [1.82, 2.24) is 10.3 Å². The van der Waals surface area contributed by atoms with E-state index < -0.39 is 0 Å². The van der Waals surface area contributed by atoms with Crippen molar-refractivity contribution in [3.05, 3.63) is 65.5 Å². The molecule has 0 aliphatic heterocycles. The van der Waals surface area contributed by atoms with Crippen LogP contribution >= 0.6 is 0 Å². The van der Waals surface area contributed by atoms with Gasteiger partial charge in [0.05, 0.1) is 0 Å². The van der Waals surface area contributed by atoms with Gasteiger partial charge in [-0.2, -0.15) is 0 Å². The van der Waals surface area contributed by atoms with Crippen molar-refractivity contribution in [1.29, 1.82) is 0 Å². The molecule has 3 aromatic rings. The first kappa shape index (κ1) is 17.0. The fourth-order valence-corrected chi connectivity index (χ4v) is 2.62. The summed E-state index contributed by atoms with van der Waals surface area (Å²) in [6, 6.07) is 16.4. The van der Waals surface area contributed by atoms with Crippen LogP contribution in [0.15, 0.2) is 52.9 Å². The summed E-state index contributed by atoms with van der Waals surface area (Å²) in [5.74, 6) is 1.30. The van der Waals surface area contributed by atoms with Crippen molar-refractivity contribution in [2.75, 3.05) is 7.05 Å². The van der Waals surface area contributed by atoms with Crippen molar-refractivity contribution >= 4 is 5.91 Å². The van der Waals surface area contributed by atoms with Gasteiger partial charge in [-0.1, -0.05) is 59.7 Å². The minimum absolute atomic E-state index is 0.0213.